The predicted molar refractivity (Wildman–Crippen MR) is 74.9 cm³/mol. The van der Waals surface area contributed by atoms with Gasteiger partial charge in [-0.1, -0.05) is 20.8 Å². The first-order valence-corrected chi connectivity index (χ1v) is 6.77. The van der Waals surface area contributed by atoms with Crippen LogP contribution in [-0.2, 0) is 12.0 Å². The molecule has 1 heterocycles. The Bertz CT molecular complexity index is 419. The standard InChI is InChI=1S/C15H24N2O/c1-15(2,3)13-8-11(10-18)9-14(16-13)17(4)12-6-5-7-12/h8-9,12,18H,5-7,10H2,1-4H3. The highest BCUT2D eigenvalue weighted by molar-refractivity contribution is 5.44. The normalized spacial score (nSPS) is 16.5. The van der Waals surface area contributed by atoms with Crippen LogP contribution in [0.25, 0.3) is 0 Å². The van der Waals surface area contributed by atoms with E-state index in [1.807, 2.05) is 12.1 Å². The maximum absolute atomic E-state index is 9.40. The van der Waals surface area contributed by atoms with E-state index in [1.54, 1.807) is 0 Å². The summed E-state index contributed by atoms with van der Waals surface area (Å²) in [4.78, 5) is 7.03. The Labute approximate surface area is 110 Å². The third-order valence-electron chi connectivity index (χ3n) is 3.81. The van der Waals surface area contributed by atoms with E-state index in [0.717, 1.165) is 17.1 Å². The minimum absolute atomic E-state index is 0.0143. The van der Waals surface area contributed by atoms with Crippen molar-refractivity contribution in [2.24, 2.45) is 0 Å². The maximum atomic E-state index is 9.40. The SMILES string of the molecule is CN(c1cc(CO)cc(C(C)(C)C)n1)C1CCC1. The monoisotopic (exact) mass is 248 g/mol. The molecule has 1 fully saturated rings. The summed E-state index contributed by atoms with van der Waals surface area (Å²) in [5, 5.41) is 9.40. The van der Waals surface area contributed by atoms with Crippen LogP contribution in [0.1, 0.15) is 51.3 Å². The van der Waals surface area contributed by atoms with Gasteiger partial charge in [-0.15, -0.1) is 0 Å². The number of hydrogen-bond acceptors (Lipinski definition) is 3. The number of hydrogen-bond donors (Lipinski definition) is 1. The van der Waals surface area contributed by atoms with Crippen molar-refractivity contribution in [3.8, 4) is 0 Å². The summed E-state index contributed by atoms with van der Waals surface area (Å²) in [6.45, 7) is 6.55. The number of nitrogens with zero attached hydrogens (tertiary/aromatic N) is 2. The quantitative estimate of drug-likeness (QED) is 0.893. The van der Waals surface area contributed by atoms with Gasteiger partial charge < -0.3 is 10.0 Å². The molecule has 1 aliphatic carbocycles. The third kappa shape index (κ3) is 2.66. The number of aromatic nitrogens is 1. The van der Waals surface area contributed by atoms with Gasteiger partial charge in [-0.05, 0) is 37.0 Å². The first-order valence-electron chi connectivity index (χ1n) is 6.77. The molecule has 0 radical (unpaired) electrons. The van der Waals surface area contributed by atoms with Crippen molar-refractivity contribution in [2.45, 2.75) is 58.1 Å². The molecule has 0 aliphatic heterocycles. The molecule has 0 atom stereocenters. The summed E-state index contributed by atoms with van der Waals surface area (Å²) >= 11 is 0. The van der Waals surface area contributed by atoms with Crippen LogP contribution in [0.3, 0.4) is 0 Å². The first kappa shape index (κ1) is 13.3. The number of aliphatic hydroxyl groups excluding tert-OH is 1. The lowest BCUT2D eigenvalue weighted by Crippen LogP contribution is -2.38. The predicted octanol–water partition coefficient (Wildman–Crippen LogP) is 2.86. The molecule has 1 saturated carbocycles. The van der Waals surface area contributed by atoms with E-state index in [9.17, 15) is 5.11 Å². The minimum atomic E-state index is 0.0143. The van der Waals surface area contributed by atoms with Crippen molar-refractivity contribution in [3.63, 3.8) is 0 Å². The zero-order valence-corrected chi connectivity index (χ0v) is 11.9. The molecular formula is C15H24N2O. The average Bonchev–Trinajstić information content (AvgIpc) is 2.24. The van der Waals surface area contributed by atoms with Gasteiger partial charge in [-0.2, -0.15) is 0 Å². The fourth-order valence-corrected chi connectivity index (χ4v) is 2.19. The van der Waals surface area contributed by atoms with Crippen LogP contribution in [0.15, 0.2) is 12.1 Å². The van der Waals surface area contributed by atoms with Gasteiger partial charge in [0, 0.05) is 24.2 Å². The lowest BCUT2D eigenvalue weighted by Gasteiger charge is -2.36. The van der Waals surface area contributed by atoms with Crippen LogP contribution < -0.4 is 4.90 Å². The highest BCUT2D eigenvalue weighted by atomic mass is 16.3. The van der Waals surface area contributed by atoms with E-state index in [1.165, 1.54) is 19.3 Å². The van der Waals surface area contributed by atoms with Crippen molar-refractivity contribution >= 4 is 5.82 Å². The Morgan fingerprint density at radius 2 is 2.00 bits per heavy atom. The summed E-state index contributed by atoms with van der Waals surface area (Å²) in [7, 11) is 2.11. The number of rotatable bonds is 3. The van der Waals surface area contributed by atoms with Crippen molar-refractivity contribution in [1.82, 2.24) is 4.98 Å². The van der Waals surface area contributed by atoms with Gasteiger partial charge >= 0.3 is 0 Å². The topological polar surface area (TPSA) is 36.4 Å². The van der Waals surface area contributed by atoms with Crippen LogP contribution in [0.5, 0.6) is 0 Å². The molecule has 2 rings (SSSR count). The second-order valence-electron chi connectivity index (χ2n) is 6.32. The van der Waals surface area contributed by atoms with Gasteiger partial charge in [-0.3, -0.25) is 0 Å². The van der Waals surface area contributed by atoms with Crippen LogP contribution >= 0.6 is 0 Å². The molecule has 100 valence electrons. The van der Waals surface area contributed by atoms with Gasteiger partial charge in [-0.25, -0.2) is 4.98 Å². The largest absolute Gasteiger partial charge is 0.392 e. The van der Waals surface area contributed by atoms with E-state index in [0.29, 0.717) is 6.04 Å². The smallest absolute Gasteiger partial charge is 0.129 e. The molecule has 0 saturated heterocycles. The minimum Gasteiger partial charge on any atom is -0.392 e. The molecule has 18 heavy (non-hydrogen) atoms. The molecule has 1 aliphatic rings. The molecule has 1 N–H and O–H groups in total. The highest BCUT2D eigenvalue weighted by Crippen LogP contribution is 2.30. The summed E-state index contributed by atoms with van der Waals surface area (Å²) in [6, 6.07) is 4.64. The molecule has 0 spiro atoms. The maximum Gasteiger partial charge on any atom is 0.129 e. The Hall–Kier alpha value is -1.09. The second-order valence-corrected chi connectivity index (χ2v) is 6.32. The average molecular weight is 248 g/mol. The molecule has 0 bridgehead atoms. The van der Waals surface area contributed by atoms with Crippen molar-refractivity contribution < 1.29 is 5.11 Å². The lowest BCUT2D eigenvalue weighted by atomic mass is 9.90. The Kier molecular flexibility index (Phi) is 3.62. The fourth-order valence-electron chi connectivity index (χ4n) is 2.19. The lowest BCUT2D eigenvalue weighted by molar-refractivity contribution is 0.281. The molecule has 0 unspecified atom stereocenters. The Balaban J connectivity index is 2.34. The summed E-state index contributed by atoms with van der Waals surface area (Å²) in [6.07, 6.45) is 3.83. The highest BCUT2D eigenvalue weighted by Gasteiger charge is 2.25. The van der Waals surface area contributed by atoms with E-state index in [2.05, 4.69) is 32.7 Å². The fraction of sp³-hybridized carbons (Fsp3) is 0.667. The summed E-state index contributed by atoms with van der Waals surface area (Å²) in [5.74, 6) is 0.996. The Morgan fingerprint density at radius 1 is 1.33 bits per heavy atom. The van der Waals surface area contributed by atoms with Crippen molar-refractivity contribution in [3.05, 3.63) is 23.4 Å². The van der Waals surface area contributed by atoms with E-state index in [-0.39, 0.29) is 12.0 Å². The Morgan fingerprint density at radius 3 is 2.44 bits per heavy atom. The summed E-state index contributed by atoms with van der Waals surface area (Å²) < 4.78 is 0. The third-order valence-corrected chi connectivity index (χ3v) is 3.81. The molecular weight excluding hydrogens is 224 g/mol. The summed E-state index contributed by atoms with van der Waals surface area (Å²) in [5.41, 5.74) is 2.02. The zero-order chi connectivity index (χ0) is 13.3. The van der Waals surface area contributed by atoms with Crippen molar-refractivity contribution in [2.75, 3.05) is 11.9 Å². The second kappa shape index (κ2) is 4.88. The van der Waals surface area contributed by atoms with Gasteiger partial charge in [0.25, 0.3) is 0 Å². The van der Waals surface area contributed by atoms with Gasteiger partial charge in [0.2, 0.25) is 0 Å². The molecule has 1 aromatic rings. The molecule has 1 aromatic heterocycles. The van der Waals surface area contributed by atoms with E-state index < -0.39 is 0 Å². The van der Waals surface area contributed by atoms with Crippen LogP contribution in [-0.4, -0.2) is 23.2 Å². The van der Waals surface area contributed by atoms with Gasteiger partial charge in [0.15, 0.2) is 0 Å². The van der Waals surface area contributed by atoms with Crippen LogP contribution in [0.2, 0.25) is 0 Å². The van der Waals surface area contributed by atoms with E-state index in [4.69, 9.17) is 4.98 Å². The molecule has 0 amide bonds. The molecule has 0 aromatic carbocycles. The zero-order valence-electron chi connectivity index (χ0n) is 11.9. The molecule has 3 heteroatoms. The van der Waals surface area contributed by atoms with Gasteiger partial charge in [0.1, 0.15) is 5.82 Å². The number of anilines is 1. The van der Waals surface area contributed by atoms with E-state index >= 15 is 0 Å². The number of aliphatic hydroxyl groups is 1. The van der Waals surface area contributed by atoms with Crippen LogP contribution in [0.4, 0.5) is 5.82 Å². The van der Waals surface area contributed by atoms with Crippen molar-refractivity contribution in [1.29, 1.82) is 0 Å². The molecule has 3 nitrogen and oxygen atoms in total. The number of pyridine rings is 1. The first-order chi connectivity index (χ1) is 8.41. The van der Waals surface area contributed by atoms with Gasteiger partial charge in [0.05, 0.1) is 6.61 Å². The van der Waals surface area contributed by atoms with Crippen LogP contribution in [0, 0.1) is 0 Å².